The van der Waals surface area contributed by atoms with Gasteiger partial charge in [-0.15, -0.1) is 0 Å². The lowest BCUT2D eigenvalue weighted by atomic mass is 10.1. The smallest absolute Gasteiger partial charge is 0.244 e. The Balaban J connectivity index is 1.98. The van der Waals surface area contributed by atoms with Crippen LogP contribution in [0.1, 0.15) is 6.42 Å². The topological polar surface area (TPSA) is 49.4 Å². The Morgan fingerprint density at radius 1 is 1.28 bits per heavy atom. The zero-order chi connectivity index (χ0) is 12.8. The number of nitrogens with one attached hydrogen (secondary N) is 1. The quantitative estimate of drug-likeness (QED) is 0.892. The van der Waals surface area contributed by atoms with Crippen molar-refractivity contribution in [3.05, 3.63) is 28.7 Å². The number of hydrogen-bond acceptors (Lipinski definition) is 3. The van der Waals surface area contributed by atoms with Crippen LogP contribution in [-0.2, 0) is 10.0 Å². The Morgan fingerprint density at radius 2 is 2.06 bits per heavy atom. The summed E-state index contributed by atoms with van der Waals surface area (Å²) in [5.74, 6) is 0.474. The van der Waals surface area contributed by atoms with E-state index in [0.717, 1.165) is 19.5 Å². The summed E-state index contributed by atoms with van der Waals surface area (Å²) in [4.78, 5) is 0.373. The van der Waals surface area contributed by atoms with E-state index >= 15 is 0 Å². The molecular weight excluding hydrogens is 316 g/mol. The maximum Gasteiger partial charge on any atom is 0.244 e. The molecule has 2 heterocycles. The van der Waals surface area contributed by atoms with Gasteiger partial charge in [0.1, 0.15) is 0 Å². The summed E-state index contributed by atoms with van der Waals surface area (Å²) in [6.07, 6.45) is 0.960. The minimum Gasteiger partial charge on any atom is -0.315 e. The van der Waals surface area contributed by atoms with Gasteiger partial charge >= 0.3 is 0 Å². The summed E-state index contributed by atoms with van der Waals surface area (Å²) < 4.78 is 27.6. The number of hydrogen-bond donors (Lipinski definition) is 1. The lowest BCUT2D eigenvalue weighted by Crippen LogP contribution is -2.39. The molecule has 0 saturated carbocycles. The van der Waals surface area contributed by atoms with Crippen LogP contribution in [0.2, 0.25) is 0 Å². The Morgan fingerprint density at radius 3 is 2.83 bits per heavy atom. The Bertz CT molecular complexity index is 561. The first-order valence-electron chi connectivity index (χ1n) is 6.08. The van der Waals surface area contributed by atoms with Gasteiger partial charge < -0.3 is 5.32 Å². The summed E-state index contributed by atoms with van der Waals surface area (Å²) in [5.41, 5.74) is 0. The summed E-state index contributed by atoms with van der Waals surface area (Å²) in [7, 11) is -3.38. The highest BCUT2D eigenvalue weighted by Crippen LogP contribution is 2.34. The van der Waals surface area contributed by atoms with Crippen LogP contribution in [0.25, 0.3) is 0 Å². The van der Waals surface area contributed by atoms with E-state index in [-0.39, 0.29) is 6.04 Å². The molecule has 0 radical (unpaired) electrons. The SMILES string of the molecule is O=S(=O)(c1ccccc1Br)N1CC[C@H]2CNC[C@H]21. The highest BCUT2D eigenvalue weighted by molar-refractivity contribution is 9.10. The average molecular weight is 331 g/mol. The van der Waals surface area contributed by atoms with Gasteiger partial charge in [-0.2, -0.15) is 4.31 Å². The fourth-order valence-corrected chi connectivity index (χ4v) is 5.55. The average Bonchev–Trinajstić information content (AvgIpc) is 2.90. The van der Waals surface area contributed by atoms with E-state index in [9.17, 15) is 8.42 Å². The monoisotopic (exact) mass is 330 g/mol. The van der Waals surface area contributed by atoms with Crippen LogP contribution in [0, 0.1) is 5.92 Å². The zero-order valence-corrected chi connectivity index (χ0v) is 12.2. The second-order valence-electron chi connectivity index (χ2n) is 4.82. The number of benzene rings is 1. The molecule has 0 spiro atoms. The van der Waals surface area contributed by atoms with Crippen molar-refractivity contribution in [1.29, 1.82) is 0 Å². The van der Waals surface area contributed by atoms with Crippen LogP contribution in [-0.4, -0.2) is 38.4 Å². The first-order valence-corrected chi connectivity index (χ1v) is 8.31. The lowest BCUT2D eigenvalue weighted by molar-refractivity contribution is 0.382. The second kappa shape index (κ2) is 4.59. The van der Waals surface area contributed by atoms with E-state index in [2.05, 4.69) is 21.2 Å². The molecular formula is C12H15BrN2O2S. The molecule has 2 atom stereocenters. The predicted molar refractivity (Wildman–Crippen MR) is 72.8 cm³/mol. The van der Waals surface area contributed by atoms with Crippen LogP contribution in [0.15, 0.2) is 33.6 Å². The van der Waals surface area contributed by atoms with Crippen molar-refractivity contribution in [2.75, 3.05) is 19.6 Å². The summed E-state index contributed by atoms with van der Waals surface area (Å²) >= 11 is 3.33. The van der Waals surface area contributed by atoms with E-state index < -0.39 is 10.0 Å². The van der Waals surface area contributed by atoms with Gasteiger partial charge in [0, 0.05) is 23.6 Å². The van der Waals surface area contributed by atoms with E-state index in [1.54, 1.807) is 22.5 Å². The van der Waals surface area contributed by atoms with Crippen molar-refractivity contribution >= 4 is 26.0 Å². The van der Waals surface area contributed by atoms with Gasteiger partial charge in [-0.25, -0.2) is 8.42 Å². The molecule has 4 nitrogen and oxygen atoms in total. The highest BCUT2D eigenvalue weighted by atomic mass is 79.9. The van der Waals surface area contributed by atoms with Crippen molar-refractivity contribution in [1.82, 2.24) is 9.62 Å². The van der Waals surface area contributed by atoms with Crippen molar-refractivity contribution in [3.63, 3.8) is 0 Å². The number of halogens is 1. The molecule has 2 aliphatic heterocycles. The van der Waals surface area contributed by atoms with E-state index in [0.29, 0.717) is 21.8 Å². The maximum absolute atomic E-state index is 12.7. The van der Waals surface area contributed by atoms with Crippen LogP contribution in [0.5, 0.6) is 0 Å². The zero-order valence-electron chi connectivity index (χ0n) is 9.84. The Labute approximate surface area is 116 Å². The number of nitrogens with zero attached hydrogens (tertiary/aromatic N) is 1. The van der Waals surface area contributed by atoms with Gasteiger partial charge in [-0.3, -0.25) is 0 Å². The van der Waals surface area contributed by atoms with E-state index in [1.165, 1.54) is 0 Å². The standard InChI is InChI=1S/C12H15BrN2O2S/c13-10-3-1-2-4-12(10)18(16,17)15-6-5-9-7-14-8-11(9)15/h1-4,9,11,14H,5-8H2/t9-,11+/m0/s1. The minimum atomic E-state index is -3.38. The molecule has 1 aromatic rings. The van der Waals surface area contributed by atoms with Crippen molar-refractivity contribution < 1.29 is 8.42 Å². The van der Waals surface area contributed by atoms with E-state index in [1.807, 2.05) is 6.07 Å². The Hall–Kier alpha value is -0.430. The van der Waals surface area contributed by atoms with Gasteiger partial charge in [0.05, 0.1) is 4.90 Å². The summed E-state index contributed by atoms with van der Waals surface area (Å²) in [6.45, 7) is 2.35. The fraction of sp³-hybridized carbons (Fsp3) is 0.500. The first kappa shape index (κ1) is 12.6. The van der Waals surface area contributed by atoms with E-state index in [4.69, 9.17) is 0 Å². The summed E-state index contributed by atoms with van der Waals surface area (Å²) in [5, 5.41) is 3.27. The minimum absolute atomic E-state index is 0.127. The molecule has 1 N–H and O–H groups in total. The van der Waals surface area contributed by atoms with Crippen LogP contribution in [0.3, 0.4) is 0 Å². The Kier molecular flexibility index (Phi) is 3.21. The van der Waals surface area contributed by atoms with Gasteiger partial charge in [-0.1, -0.05) is 12.1 Å². The molecule has 1 aromatic carbocycles. The molecule has 6 heteroatoms. The molecule has 18 heavy (non-hydrogen) atoms. The molecule has 0 aromatic heterocycles. The van der Waals surface area contributed by atoms with Gasteiger partial charge in [-0.05, 0) is 46.9 Å². The van der Waals surface area contributed by atoms with Crippen LogP contribution < -0.4 is 5.32 Å². The van der Waals surface area contributed by atoms with Crippen LogP contribution >= 0.6 is 15.9 Å². The third-order valence-electron chi connectivity index (χ3n) is 3.82. The summed E-state index contributed by atoms with van der Waals surface area (Å²) in [6, 6.07) is 7.15. The maximum atomic E-state index is 12.7. The van der Waals surface area contributed by atoms with Crippen molar-refractivity contribution in [2.24, 2.45) is 5.92 Å². The molecule has 3 rings (SSSR count). The van der Waals surface area contributed by atoms with Crippen LogP contribution in [0.4, 0.5) is 0 Å². The molecule has 2 fully saturated rings. The first-order chi connectivity index (χ1) is 8.60. The van der Waals surface area contributed by atoms with Gasteiger partial charge in [0.15, 0.2) is 0 Å². The van der Waals surface area contributed by atoms with Gasteiger partial charge in [0.2, 0.25) is 10.0 Å². The largest absolute Gasteiger partial charge is 0.315 e. The molecule has 0 bridgehead atoms. The molecule has 2 saturated heterocycles. The second-order valence-corrected chi connectivity index (χ2v) is 7.53. The third-order valence-corrected chi connectivity index (χ3v) is 6.75. The molecule has 2 aliphatic rings. The number of fused-ring (bicyclic) bond motifs is 1. The number of rotatable bonds is 2. The van der Waals surface area contributed by atoms with Gasteiger partial charge in [0.25, 0.3) is 0 Å². The lowest BCUT2D eigenvalue weighted by Gasteiger charge is -2.23. The number of sulfonamides is 1. The normalized spacial score (nSPS) is 28.5. The third kappa shape index (κ3) is 1.91. The molecule has 98 valence electrons. The molecule has 0 unspecified atom stereocenters. The van der Waals surface area contributed by atoms with Crippen molar-refractivity contribution in [2.45, 2.75) is 17.4 Å². The highest BCUT2D eigenvalue weighted by Gasteiger charge is 2.44. The molecule has 0 aliphatic carbocycles. The van der Waals surface area contributed by atoms with Crippen molar-refractivity contribution in [3.8, 4) is 0 Å². The fourth-order valence-electron chi connectivity index (χ4n) is 2.89. The molecule has 0 amide bonds. The predicted octanol–water partition coefficient (Wildman–Crippen LogP) is 1.43.